The van der Waals surface area contributed by atoms with E-state index in [1.807, 2.05) is 0 Å². The maximum absolute atomic E-state index is 10.9. The molecule has 6 heteroatoms. The lowest BCUT2D eigenvalue weighted by Gasteiger charge is -2.02. The molecule has 0 radical (unpaired) electrons. The summed E-state index contributed by atoms with van der Waals surface area (Å²) in [5.74, 6) is 0.0223. The van der Waals surface area contributed by atoms with Crippen molar-refractivity contribution in [1.29, 1.82) is 0 Å². The molecular weight excluding hydrogens is 146 g/mol. The number of nitrogens with zero attached hydrogens (tertiary/aromatic N) is 2. The highest BCUT2D eigenvalue weighted by atomic mass is 16.2. The lowest BCUT2D eigenvalue weighted by atomic mass is 10.3. The van der Waals surface area contributed by atoms with E-state index < -0.39 is 6.04 Å². The summed E-state index contributed by atoms with van der Waals surface area (Å²) in [6, 6.07) is -0.542. The van der Waals surface area contributed by atoms with Crippen LogP contribution in [-0.2, 0) is 4.79 Å². The van der Waals surface area contributed by atoms with Gasteiger partial charge in [0.2, 0.25) is 11.9 Å². The second kappa shape index (κ2) is 3.11. The molecule has 11 heavy (non-hydrogen) atoms. The molecule has 0 aliphatic heterocycles. The zero-order valence-corrected chi connectivity index (χ0v) is 6.03. The Morgan fingerprint density at radius 1 is 1.91 bits per heavy atom. The van der Waals surface area contributed by atoms with Crippen molar-refractivity contribution >= 4 is 11.9 Å². The summed E-state index contributed by atoms with van der Waals surface area (Å²) in [5.41, 5.74) is 5.28. The Morgan fingerprint density at radius 2 is 2.64 bits per heavy atom. The minimum atomic E-state index is -0.542. The molecule has 0 spiro atoms. The first-order valence-electron chi connectivity index (χ1n) is 3.12. The number of nitrogens with one attached hydrogen (secondary N) is 2. The monoisotopic (exact) mass is 155 g/mol. The molecule has 0 aliphatic rings. The van der Waals surface area contributed by atoms with Crippen molar-refractivity contribution in [2.24, 2.45) is 5.73 Å². The summed E-state index contributed by atoms with van der Waals surface area (Å²) in [7, 11) is 0. The van der Waals surface area contributed by atoms with E-state index >= 15 is 0 Å². The molecule has 1 aromatic heterocycles. The van der Waals surface area contributed by atoms with E-state index in [0.717, 1.165) is 0 Å². The molecule has 6 nitrogen and oxygen atoms in total. The van der Waals surface area contributed by atoms with Crippen LogP contribution < -0.4 is 11.1 Å². The van der Waals surface area contributed by atoms with E-state index in [2.05, 4.69) is 20.5 Å². The molecule has 60 valence electrons. The molecule has 0 saturated heterocycles. The molecule has 4 N–H and O–H groups in total. The van der Waals surface area contributed by atoms with E-state index in [4.69, 9.17) is 5.73 Å². The summed E-state index contributed by atoms with van der Waals surface area (Å²) in [6.07, 6.45) is 1.30. The van der Waals surface area contributed by atoms with Gasteiger partial charge in [0, 0.05) is 0 Å². The Morgan fingerprint density at radius 3 is 3.09 bits per heavy atom. The Labute approximate surface area is 63.2 Å². The molecule has 0 aliphatic carbocycles. The Balaban J connectivity index is 2.50. The van der Waals surface area contributed by atoms with Gasteiger partial charge in [0.05, 0.1) is 6.04 Å². The maximum Gasteiger partial charge on any atom is 0.243 e. The van der Waals surface area contributed by atoms with Gasteiger partial charge in [-0.2, -0.15) is 10.1 Å². The first-order chi connectivity index (χ1) is 5.20. The van der Waals surface area contributed by atoms with Crippen molar-refractivity contribution in [3.05, 3.63) is 6.33 Å². The number of hydrogen-bond donors (Lipinski definition) is 3. The number of carbonyl (C=O) groups is 1. The molecule has 0 aromatic carbocycles. The first-order valence-corrected chi connectivity index (χ1v) is 3.12. The van der Waals surface area contributed by atoms with E-state index in [1.54, 1.807) is 6.92 Å². The minimum Gasteiger partial charge on any atom is -0.320 e. The van der Waals surface area contributed by atoms with Gasteiger partial charge < -0.3 is 5.73 Å². The molecular formula is C5H9N5O. The van der Waals surface area contributed by atoms with E-state index in [1.165, 1.54) is 6.33 Å². The topological polar surface area (TPSA) is 96.7 Å². The predicted octanol–water partition coefficient (Wildman–Crippen LogP) is -0.910. The SMILES string of the molecule is C[C@@H](N)C(=O)Nc1ncn[nH]1. The van der Waals surface area contributed by atoms with E-state index in [-0.39, 0.29) is 5.91 Å². The zero-order valence-electron chi connectivity index (χ0n) is 6.03. The van der Waals surface area contributed by atoms with Gasteiger partial charge in [0.1, 0.15) is 6.33 Å². The number of hydrogen-bond acceptors (Lipinski definition) is 4. The average molecular weight is 155 g/mol. The van der Waals surface area contributed by atoms with Crippen LogP contribution in [0.5, 0.6) is 0 Å². The molecule has 1 aromatic rings. The lowest BCUT2D eigenvalue weighted by molar-refractivity contribution is -0.117. The van der Waals surface area contributed by atoms with Crippen LogP contribution in [-0.4, -0.2) is 27.1 Å². The highest BCUT2D eigenvalue weighted by molar-refractivity contribution is 5.92. The summed E-state index contributed by atoms with van der Waals surface area (Å²) >= 11 is 0. The van der Waals surface area contributed by atoms with Crippen molar-refractivity contribution in [1.82, 2.24) is 15.2 Å². The van der Waals surface area contributed by atoms with Gasteiger partial charge in [-0.3, -0.25) is 10.1 Å². The molecule has 0 saturated carbocycles. The van der Waals surface area contributed by atoms with Gasteiger partial charge in [-0.25, -0.2) is 5.10 Å². The summed E-state index contributed by atoms with van der Waals surface area (Å²) in [6.45, 7) is 1.59. The van der Waals surface area contributed by atoms with Crippen molar-refractivity contribution in [3.63, 3.8) is 0 Å². The Bertz CT molecular complexity index is 229. The third-order valence-electron chi connectivity index (χ3n) is 1.07. The molecule has 0 fully saturated rings. The van der Waals surface area contributed by atoms with Crippen LogP contribution in [0.25, 0.3) is 0 Å². The Kier molecular flexibility index (Phi) is 2.17. The van der Waals surface area contributed by atoms with Crippen LogP contribution in [0.2, 0.25) is 0 Å². The van der Waals surface area contributed by atoms with Crippen LogP contribution in [0.1, 0.15) is 6.92 Å². The van der Waals surface area contributed by atoms with Crippen molar-refractivity contribution < 1.29 is 4.79 Å². The summed E-state index contributed by atoms with van der Waals surface area (Å²) in [4.78, 5) is 14.6. The summed E-state index contributed by atoms with van der Waals surface area (Å²) < 4.78 is 0. The Hall–Kier alpha value is -1.43. The smallest absolute Gasteiger partial charge is 0.243 e. The standard InChI is InChI=1S/C5H9N5O/c1-3(6)4(11)9-5-7-2-8-10-5/h2-3H,6H2,1H3,(H2,7,8,9,10,11)/t3-/m1/s1. The third-order valence-corrected chi connectivity index (χ3v) is 1.07. The van der Waals surface area contributed by atoms with Gasteiger partial charge in [-0.1, -0.05) is 0 Å². The van der Waals surface area contributed by atoms with Crippen LogP contribution in [0.4, 0.5) is 5.95 Å². The van der Waals surface area contributed by atoms with Crippen molar-refractivity contribution in [2.45, 2.75) is 13.0 Å². The number of aromatic nitrogens is 3. The predicted molar refractivity (Wildman–Crippen MR) is 38.7 cm³/mol. The fourth-order valence-electron chi connectivity index (χ4n) is 0.496. The quantitative estimate of drug-likeness (QED) is 0.515. The number of amides is 1. The fraction of sp³-hybridized carbons (Fsp3) is 0.400. The zero-order chi connectivity index (χ0) is 8.27. The number of rotatable bonds is 2. The molecule has 0 unspecified atom stereocenters. The second-order valence-electron chi connectivity index (χ2n) is 2.11. The van der Waals surface area contributed by atoms with Gasteiger partial charge in [-0.15, -0.1) is 0 Å². The van der Waals surface area contributed by atoms with Crippen LogP contribution >= 0.6 is 0 Å². The average Bonchev–Trinajstić information content (AvgIpc) is 2.39. The number of aromatic amines is 1. The fourth-order valence-corrected chi connectivity index (χ4v) is 0.496. The van der Waals surface area contributed by atoms with Crippen LogP contribution in [0.3, 0.4) is 0 Å². The second-order valence-corrected chi connectivity index (χ2v) is 2.11. The van der Waals surface area contributed by atoms with E-state index in [9.17, 15) is 4.79 Å². The van der Waals surface area contributed by atoms with Crippen molar-refractivity contribution in [3.8, 4) is 0 Å². The van der Waals surface area contributed by atoms with Crippen molar-refractivity contribution in [2.75, 3.05) is 5.32 Å². The molecule has 1 rings (SSSR count). The number of anilines is 1. The van der Waals surface area contributed by atoms with Crippen LogP contribution in [0.15, 0.2) is 6.33 Å². The number of carbonyl (C=O) groups excluding carboxylic acids is 1. The summed E-state index contributed by atoms with van der Waals surface area (Å²) in [5, 5.41) is 8.45. The number of H-pyrrole nitrogens is 1. The minimum absolute atomic E-state index is 0.290. The molecule has 1 amide bonds. The molecule has 1 atom stereocenters. The molecule has 0 bridgehead atoms. The first kappa shape index (κ1) is 7.67. The highest BCUT2D eigenvalue weighted by Gasteiger charge is 2.07. The molecule has 1 heterocycles. The maximum atomic E-state index is 10.9. The van der Waals surface area contributed by atoms with Gasteiger partial charge in [-0.05, 0) is 6.92 Å². The highest BCUT2D eigenvalue weighted by Crippen LogP contribution is 1.92. The van der Waals surface area contributed by atoms with Gasteiger partial charge in [0.25, 0.3) is 0 Å². The number of nitrogens with two attached hydrogens (primary N) is 1. The largest absolute Gasteiger partial charge is 0.320 e. The van der Waals surface area contributed by atoms with E-state index in [0.29, 0.717) is 5.95 Å². The lowest BCUT2D eigenvalue weighted by Crippen LogP contribution is -2.32. The normalized spacial score (nSPS) is 12.5. The van der Waals surface area contributed by atoms with Gasteiger partial charge in [0.15, 0.2) is 0 Å². The van der Waals surface area contributed by atoms with Crippen LogP contribution in [0, 0.1) is 0 Å². The third kappa shape index (κ3) is 2.01. The van der Waals surface area contributed by atoms with Gasteiger partial charge >= 0.3 is 0 Å².